The number of rotatable bonds is 7. The maximum atomic E-state index is 13.3. The van der Waals surface area contributed by atoms with Crippen LogP contribution in [0.2, 0.25) is 10.0 Å². The molecule has 1 aromatic heterocycles. The molecule has 0 saturated carbocycles. The number of nitrogens with one attached hydrogen (secondary N) is 2. The van der Waals surface area contributed by atoms with E-state index in [1.54, 1.807) is 22.5 Å². The predicted molar refractivity (Wildman–Crippen MR) is 159 cm³/mol. The zero-order chi connectivity index (χ0) is 28.6. The van der Waals surface area contributed by atoms with Gasteiger partial charge in [-0.15, -0.1) is 0 Å². The smallest absolute Gasteiger partial charge is 0.268 e. The average molecular weight is 618 g/mol. The fraction of sp³-hybridized carbons (Fsp3) is 0.393. The lowest BCUT2D eigenvalue weighted by atomic mass is 9.87. The number of hydrogen-bond donors (Lipinski definition) is 2. The number of carbonyl (C=O) groups is 1. The SMILES string of the molecule is O=C1c2cnc(Nc3ccc(C4CCNCC4)c(CS(=O)(=O)N4CCCC4)c3)nc2OCN1c1c(Cl)cccc1Cl. The molecular weight excluding hydrogens is 587 g/mol. The molecule has 0 unspecified atom stereocenters. The maximum Gasteiger partial charge on any atom is 0.268 e. The van der Waals surface area contributed by atoms with Gasteiger partial charge in [-0.1, -0.05) is 35.3 Å². The number of aromatic nitrogens is 2. The van der Waals surface area contributed by atoms with Crippen molar-refractivity contribution in [3.8, 4) is 5.88 Å². The summed E-state index contributed by atoms with van der Waals surface area (Å²) in [6.07, 6.45) is 5.10. The summed E-state index contributed by atoms with van der Waals surface area (Å²) in [7, 11) is -3.44. The Hall–Kier alpha value is -2.96. The minimum Gasteiger partial charge on any atom is -0.455 e. The molecule has 0 aliphatic carbocycles. The number of halogens is 2. The Balaban J connectivity index is 1.26. The van der Waals surface area contributed by atoms with Gasteiger partial charge in [-0.2, -0.15) is 4.98 Å². The first-order valence-electron chi connectivity index (χ1n) is 13.6. The average Bonchev–Trinajstić information content (AvgIpc) is 3.51. The van der Waals surface area contributed by atoms with Crippen molar-refractivity contribution < 1.29 is 17.9 Å². The van der Waals surface area contributed by atoms with Gasteiger partial charge in [0, 0.05) is 25.0 Å². The lowest BCUT2D eigenvalue weighted by Crippen LogP contribution is -2.39. The lowest BCUT2D eigenvalue weighted by molar-refractivity contribution is 0.0932. The van der Waals surface area contributed by atoms with E-state index in [2.05, 4.69) is 20.6 Å². The molecule has 216 valence electrons. The van der Waals surface area contributed by atoms with Crippen molar-refractivity contribution in [1.29, 1.82) is 0 Å². The lowest BCUT2D eigenvalue weighted by Gasteiger charge is -2.29. The van der Waals surface area contributed by atoms with E-state index in [4.69, 9.17) is 27.9 Å². The number of ether oxygens (including phenoxy) is 1. The van der Waals surface area contributed by atoms with Gasteiger partial charge in [0.2, 0.25) is 21.9 Å². The number of benzene rings is 2. The first-order chi connectivity index (χ1) is 19.8. The van der Waals surface area contributed by atoms with Gasteiger partial charge in [0.25, 0.3) is 5.91 Å². The van der Waals surface area contributed by atoms with Gasteiger partial charge in [0.1, 0.15) is 5.56 Å². The number of para-hydroxylation sites is 1. The molecule has 2 saturated heterocycles. The van der Waals surface area contributed by atoms with Crippen LogP contribution in [0.3, 0.4) is 0 Å². The van der Waals surface area contributed by atoms with Gasteiger partial charge in [0.15, 0.2) is 6.73 Å². The summed E-state index contributed by atoms with van der Waals surface area (Å²) < 4.78 is 33.9. The van der Waals surface area contributed by atoms with Crippen molar-refractivity contribution in [3.05, 3.63) is 69.3 Å². The van der Waals surface area contributed by atoms with Crippen molar-refractivity contribution in [3.63, 3.8) is 0 Å². The van der Waals surface area contributed by atoms with Crippen LogP contribution in [0.25, 0.3) is 0 Å². The highest BCUT2D eigenvalue weighted by Crippen LogP contribution is 2.37. The Morgan fingerprint density at radius 2 is 1.80 bits per heavy atom. The fourth-order valence-electron chi connectivity index (χ4n) is 5.65. The first-order valence-corrected chi connectivity index (χ1v) is 16.0. The van der Waals surface area contributed by atoms with Gasteiger partial charge in [-0.05, 0) is 80.1 Å². The molecule has 0 spiro atoms. The molecule has 0 bridgehead atoms. The number of anilines is 3. The Bertz CT molecular complexity index is 1560. The quantitative estimate of drug-likeness (QED) is 0.384. The Morgan fingerprint density at radius 1 is 1.07 bits per heavy atom. The van der Waals surface area contributed by atoms with Crippen molar-refractivity contribution in [2.75, 3.05) is 43.1 Å². The predicted octanol–water partition coefficient (Wildman–Crippen LogP) is 4.92. The van der Waals surface area contributed by atoms with Crippen LogP contribution in [0.5, 0.6) is 5.88 Å². The maximum absolute atomic E-state index is 13.3. The van der Waals surface area contributed by atoms with Gasteiger partial charge in [0.05, 0.1) is 21.5 Å². The second-order valence-corrected chi connectivity index (χ2v) is 13.2. The van der Waals surface area contributed by atoms with Crippen molar-refractivity contribution >= 4 is 56.5 Å². The van der Waals surface area contributed by atoms with E-state index in [0.717, 1.165) is 49.9 Å². The zero-order valence-electron chi connectivity index (χ0n) is 22.3. The third-order valence-corrected chi connectivity index (χ3v) is 10.2. The van der Waals surface area contributed by atoms with E-state index >= 15 is 0 Å². The van der Waals surface area contributed by atoms with Gasteiger partial charge >= 0.3 is 0 Å². The van der Waals surface area contributed by atoms with Gasteiger partial charge in [-0.3, -0.25) is 9.69 Å². The molecule has 41 heavy (non-hydrogen) atoms. The molecule has 3 aromatic rings. The number of hydrogen-bond acceptors (Lipinski definition) is 8. The molecule has 2 fully saturated rings. The number of sulfonamides is 1. The summed E-state index contributed by atoms with van der Waals surface area (Å²) in [5.74, 6) is 0.223. The van der Waals surface area contributed by atoms with Crippen molar-refractivity contribution in [2.45, 2.75) is 37.4 Å². The van der Waals surface area contributed by atoms with E-state index < -0.39 is 10.0 Å². The summed E-state index contributed by atoms with van der Waals surface area (Å²) in [6.45, 7) is 2.85. The van der Waals surface area contributed by atoms with Crippen LogP contribution in [-0.4, -0.2) is 61.5 Å². The normalized spacial score (nSPS) is 18.3. The van der Waals surface area contributed by atoms with E-state index in [9.17, 15) is 13.2 Å². The number of nitrogens with zero attached hydrogens (tertiary/aromatic N) is 4. The van der Waals surface area contributed by atoms with Crippen LogP contribution >= 0.6 is 23.2 Å². The molecule has 13 heteroatoms. The highest BCUT2D eigenvalue weighted by molar-refractivity contribution is 7.88. The number of fused-ring (bicyclic) bond motifs is 1. The third-order valence-electron chi connectivity index (χ3n) is 7.74. The topological polar surface area (TPSA) is 117 Å². The highest BCUT2D eigenvalue weighted by atomic mass is 35.5. The second kappa shape index (κ2) is 11.7. The number of amides is 1. The van der Waals surface area contributed by atoms with Crippen molar-refractivity contribution in [2.24, 2.45) is 0 Å². The minimum absolute atomic E-state index is 0.0507. The van der Waals surface area contributed by atoms with Crippen LogP contribution in [0, 0.1) is 0 Å². The van der Waals surface area contributed by atoms with Crippen LogP contribution in [-0.2, 0) is 15.8 Å². The molecule has 10 nitrogen and oxygen atoms in total. The summed E-state index contributed by atoms with van der Waals surface area (Å²) in [5, 5.41) is 7.20. The highest BCUT2D eigenvalue weighted by Gasteiger charge is 2.32. The minimum atomic E-state index is -3.44. The third kappa shape index (κ3) is 5.87. The molecule has 2 N–H and O–H groups in total. The van der Waals surface area contributed by atoms with Gasteiger partial charge < -0.3 is 15.4 Å². The molecule has 1 amide bonds. The van der Waals surface area contributed by atoms with E-state index in [0.29, 0.717) is 40.4 Å². The Kier molecular flexibility index (Phi) is 8.06. The largest absolute Gasteiger partial charge is 0.455 e. The molecule has 3 aliphatic heterocycles. The molecule has 4 heterocycles. The molecule has 0 radical (unpaired) electrons. The van der Waals surface area contributed by atoms with Crippen LogP contribution in [0.4, 0.5) is 17.3 Å². The number of carbonyl (C=O) groups excluding carboxylic acids is 1. The first kappa shape index (κ1) is 28.2. The number of piperidine rings is 1. The van der Waals surface area contributed by atoms with E-state index in [1.807, 2.05) is 18.2 Å². The van der Waals surface area contributed by atoms with Crippen LogP contribution in [0.1, 0.15) is 53.1 Å². The van der Waals surface area contributed by atoms with E-state index in [1.165, 1.54) is 11.1 Å². The van der Waals surface area contributed by atoms with E-state index in [-0.39, 0.29) is 35.8 Å². The standard InChI is InChI=1S/C28H30Cl2N6O4S/c29-23-4-3-5-24(30)25(23)36-17-40-26-22(27(36)37)15-32-28(34-26)33-20-6-7-21(18-8-10-31-11-9-18)19(14-20)16-41(38,39)35-12-1-2-13-35/h3-7,14-15,18,31H,1-2,8-13,16-17H2,(H,32,33,34). The van der Waals surface area contributed by atoms with Crippen LogP contribution in [0.15, 0.2) is 42.6 Å². The summed E-state index contributed by atoms with van der Waals surface area (Å²) in [5.41, 5.74) is 3.04. The molecule has 6 rings (SSSR count). The molecule has 0 atom stereocenters. The van der Waals surface area contributed by atoms with Crippen molar-refractivity contribution in [1.82, 2.24) is 19.6 Å². The summed E-state index contributed by atoms with van der Waals surface area (Å²) >= 11 is 12.6. The Morgan fingerprint density at radius 3 is 2.54 bits per heavy atom. The summed E-state index contributed by atoms with van der Waals surface area (Å²) in [6, 6.07) is 10.8. The van der Waals surface area contributed by atoms with Crippen LogP contribution < -0.4 is 20.3 Å². The van der Waals surface area contributed by atoms with Gasteiger partial charge in [-0.25, -0.2) is 17.7 Å². The monoisotopic (exact) mass is 616 g/mol. The molecule has 3 aliphatic rings. The fourth-order valence-corrected chi connectivity index (χ4v) is 7.89. The molecular formula is C28H30Cl2N6O4S. The second-order valence-electron chi connectivity index (χ2n) is 10.4. The molecule has 2 aromatic carbocycles. The zero-order valence-corrected chi connectivity index (χ0v) is 24.6. The Labute approximate surface area is 249 Å². The summed E-state index contributed by atoms with van der Waals surface area (Å²) in [4.78, 5) is 23.3.